The van der Waals surface area contributed by atoms with Crippen LogP contribution in [0.4, 0.5) is 48.3 Å². The Kier molecular flexibility index (Phi) is 7.43. The van der Waals surface area contributed by atoms with Crippen LogP contribution < -0.4 is 9.47 Å². The molecule has 0 amide bonds. The molecule has 0 atom stereocenters. The molecule has 0 saturated carbocycles. The highest BCUT2D eigenvalue weighted by atomic mass is 19.3. The molecular weight excluding hydrogens is 565 g/mol. The first-order valence-electron chi connectivity index (χ1n) is 10.9. The number of aryl methyl sites for hydroxylation is 1. The van der Waals surface area contributed by atoms with Gasteiger partial charge in [-0.25, -0.2) is 26.3 Å². The highest BCUT2D eigenvalue weighted by molar-refractivity contribution is 5.65. The molecule has 4 aromatic rings. The summed E-state index contributed by atoms with van der Waals surface area (Å²) >= 11 is 0. The third-order valence-electron chi connectivity index (χ3n) is 5.56. The molecule has 0 fully saturated rings. The van der Waals surface area contributed by atoms with E-state index in [1.54, 1.807) is 19.1 Å². The van der Waals surface area contributed by atoms with Crippen molar-refractivity contribution in [3.63, 3.8) is 0 Å². The first kappa shape index (κ1) is 28.7. The predicted octanol–water partition coefficient (Wildman–Crippen LogP) is 8.89. The molecule has 0 unspecified atom stereocenters. The van der Waals surface area contributed by atoms with Crippen LogP contribution in [0.15, 0.2) is 60.7 Å². The van der Waals surface area contributed by atoms with E-state index in [1.807, 2.05) is 0 Å². The molecular formula is C27H13F11O2. The summed E-state index contributed by atoms with van der Waals surface area (Å²) in [6.07, 6.45) is -9.68. The Labute approximate surface area is 218 Å². The van der Waals surface area contributed by atoms with Gasteiger partial charge < -0.3 is 9.47 Å². The van der Waals surface area contributed by atoms with Gasteiger partial charge in [-0.1, -0.05) is 35.9 Å². The van der Waals surface area contributed by atoms with Crippen LogP contribution in [-0.2, 0) is 12.2 Å². The highest BCUT2D eigenvalue weighted by Gasteiger charge is 2.43. The summed E-state index contributed by atoms with van der Waals surface area (Å²) in [6.45, 7) is 1.72. The summed E-state index contributed by atoms with van der Waals surface area (Å²) in [5, 5.41) is 0. The van der Waals surface area contributed by atoms with Crippen molar-refractivity contribution in [2.24, 2.45) is 0 Å². The average molecular weight is 578 g/mol. The van der Waals surface area contributed by atoms with Gasteiger partial charge in [0.15, 0.2) is 40.7 Å². The van der Waals surface area contributed by atoms with Gasteiger partial charge in [-0.2, -0.15) is 22.0 Å². The molecule has 2 nitrogen and oxygen atoms in total. The molecule has 4 rings (SSSR count). The van der Waals surface area contributed by atoms with Crippen LogP contribution >= 0.6 is 0 Å². The summed E-state index contributed by atoms with van der Waals surface area (Å²) in [5.41, 5.74) is -3.09. The fourth-order valence-corrected chi connectivity index (χ4v) is 3.55. The van der Waals surface area contributed by atoms with E-state index in [2.05, 4.69) is 9.47 Å². The molecule has 0 radical (unpaired) electrons. The SMILES string of the molecule is Cc1ccc(-c2ccc(C(F)(F)Oc3ccc(C(F)(F)Oc4cc(F)c(F)c(F)c4)c(F)c3F)c(F)c2F)cc1. The van der Waals surface area contributed by atoms with E-state index in [0.717, 1.165) is 11.6 Å². The molecule has 0 heterocycles. The molecule has 0 aliphatic carbocycles. The van der Waals surface area contributed by atoms with Gasteiger partial charge in [-0.15, -0.1) is 0 Å². The van der Waals surface area contributed by atoms with Crippen molar-refractivity contribution in [1.29, 1.82) is 0 Å². The quantitative estimate of drug-likeness (QED) is 0.161. The van der Waals surface area contributed by atoms with Crippen LogP contribution in [0.1, 0.15) is 16.7 Å². The number of rotatable bonds is 7. The van der Waals surface area contributed by atoms with Gasteiger partial charge in [-0.3, -0.25) is 0 Å². The molecule has 0 saturated heterocycles. The normalized spacial score (nSPS) is 12.0. The Morgan fingerprint density at radius 2 is 1.02 bits per heavy atom. The Morgan fingerprint density at radius 3 is 1.60 bits per heavy atom. The standard InChI is InChI=1S/C27H13F11O2/c1-12-2-4-13(5-3-12)15-6-7-16(22(31)21(15)30)27(37,38)40-20-9-8-17(23(32)25(20)34)26(35,36)39-14-10-18(28)24(33)19(29)11-14/h2-11H,1H3. The minimum atomic E-state index is -4.86. The third kappa shape index (κ3) is 5.40. The lowest BCUT2D eigenvalue weighted by molar-refractivity contribution is -0.191. The van der Waals surface area contributed by atoms with Gasteiger partial charge in [0.2, 0.25) is 5.82 Å². The molecule has 0 aliphatic rings. The maximum Gasteiger partial charge on any atom is 0.429 e. The summed E-state index contributed by atoms with van der Waals surface area (Å²) < 4.78 is 164. The molecule has 4 aromatic carbocycles. The van der Waals surface area contributed by atoms with E-state index in [0.29, 0.717) is 6.07 Å². The Hall–Kier alpha value is -4.29. The van der Waals surface area contributed by atoms with Crippen molar-refractivity contribution < 1.29 is 57.8 Å². The van der Waals surface area contributed by atoms with Gasteiger partial charge in [0.1, 0.15) is 16.9 Å². The fraction of sp³-hybridized carbons (Fsp3) is 0.111. The van der Waals surface area contributed by atoms with Crippen molar-refractivity contribution in [3.8, 4) is 22.6 Å². The maximum absolute atomic E-state index is 14.7. The number of benzene rings is 4. The number of ether oxygens (including phenoxy) is 2. The van der Waals surface area contributed by atoms with Gasteiger partial charge in [0.05, 0.1) is 0 Å². The number of alkyl halides is 4. The smallest absolute Gasteiger partial charge is 0.429 e. The van der Waals surface area contributed by atoms with E-state index in [9.17, 15) is 48.3 Å². The summed E-state index contributed by atoms with van der Waals surface area (Å²) in [7, 11) is 0. The molecule has 210 valence electrons. The summed E-state index contributed by atoms with van der Waals surface area (Å²) in [5.74, 6) is -17.5. The molecule has 13 heteroatoms. The Bertz CT molecular complexity index is 1560. The third-order valence-corrected chi connectivity index (χ3v) is 5.56. The zero-order valence-corrected chi connectivity index (χ0v) is 19.7. The molecule has 0 spiro atoms. The van der Waals surface area contributed by atoms with Crippen LogP contribution in [0.2, 0.25) is 0 Å². The first-order chi connectivity index (χ1) is 18.6. The van der Waals surface area contributed by atoms with E-state index in [-0.39, 0.29) is 35.4 Å². The molecule has 0 bridgehead atoms. The number of hydrogen-bond donors (Lipinski definition) is 0. The predicted molar refractivity (Wildman–Crippen MR) is 118 cm³/mol. The van der Waals surface area contributed by atoms with Crippen molar-refractivity contribution in [3.05, 3.63) is 118 Å². The topological polar surface area (TPSA) is 18.5 Å². The maximum atomic E-state index is 14.7. The second-order valence-electron chi connectivity index (χ2n) is 8.33. The van der Waals surface area contributed by atoms with Crippen molar-refractivity contribution in [2.75, 3.05) is 0 Å². The van der Waals surface area contributed by atoms with Gasteiger partial charge >= 0.3 is 12.2 Å². The van der Waals surface area contributed by atoms with Crippen LogP contribution in [0.5, 0.6) is 11.5 Å². The van der Waals surface area contributed by atoms with E-state index in [1.165, 1.54) is 12.1 Å². The zero-order chi connectivity index (χ0) is 29.6. The Morgan fingerprint density at radius 1 is 0.525 bits per heavy atom. The van der Waals surface area contributed by atoms with Crippen LogP contribution in [0.3, 0.4) is 0 Å². The number of halogens is 11. The van der Waals surface area contributed by atoms with Crippen molar-refractivity contribution >= 4 is 0 Å². The van der Waals surface area contributed by atoms with Gasteiger partial charge in [0, 0.05) is 17.7 Å². The first-order valence-corrected chi connectivity index (χ1v) is 10.9. The lowest BCUT2D eigenvalue weighted by Crippen LogP contribution is -2.26. The summed E-state index contributed by atoms with van der Waals surface area (Å²) in [4.78, 5) is 0. The van der Waals surface area contributed by atoms with Crippen molar-refractivity contribution in [1.82, 2.24) is 0 Å². The largest absolute Gasteiger partial charge is 0.429 e. The Balaban J connectivity index is 1.62. The zero-order valence-electron chi connectivity index (χ0n) is 19.7. The average Bonchev–Trinajstić information content (AvgIpc) is 2.87. The van der Waals surface area contributed by atoms with E-state index >= 15 is 0 Å². The molecule has 0 N–H and O–H groups in total. The molecule has 0 aromatic heterocycles. The van der Waals surface area contributed by atoms with Crippen LogP contribution in [0.25, 0.3) is 11.1 Å². The molecule has 0 aliphatic heterocycles. The lowest BCUT2D eigenvalue weighted by Gasteiger charge is -2.22. The second kappa shape index (κ2) is 10.4. The second-order valence-corrected chi connectivity index (χ2v) is 8.33. The minimum absolute atomic E-state index is 0.00357. The van der Waals surface area contributed by atoms with E-state index < -0.39 is 75.6 Å². The molecule has 40 heavy (non-hydrogen) atoms. The van der Waals surface area contributed by atoms with Crippen LogP contribution in [0, 0.1) is 47.6 Å². The minimum Gasteiger partial charge on any atom is -0.429 e. The van der Waals surface area contributed by atoms with Gasteiger partial charge in [-0.05, 0) is 30.7 Å². The van der Waals surface area contributed by atoms with Crippen LogP contribution in [-0.4, -0.2) is 0 Å². The monoisotopic (exact) mass is 578 g/mol. The van der Waals surface area contributed by atoms with Gasteiger partial charge in [0.25, 0.3) is 0 Å². The van der Waals surface area contributed by atoms with Crippen molar-refractivity contribution in [2.45, 2.75) is 19.1 Å². The van der Waals surface area contributed by atoms with E-state index in [4.69, 9.17) is 0 Å². The highest BCUT2D eigenvalue weighted by Crippen LogP contribution is 2.41. The summed E-state index contributed by atoms with van der Waals surface area (Å²) in [6, 6.07) is 7.32. The lowest BCUT2D eigenvalue weighted by atomic mass is 10.0. The fourth-order valence-electron chi connectivity index (χ4n) is 3.55. The number of hydrogen-bond acceptors (Lipinski definition) is 2.